The number of aliphatic hydroxyl groups is 1. The van der Waals surface area contributed by atoms with Crippen LogP contribution in [0.2, 0.25) is 0 Å². The summed E-state index contributed by atoms with van der Waals surface area (Å²) in [6.07, 6.45) is 10.4. The first-order valence-corrected chi connectivity index (χ1v) is 8.37. The van der Waals surface area contributed by atoms with E-state index in [1.807, 2.05) is 19.2 Å². The van der Waals surface area contributed by atoms with Crippen molar-refractivity contribution in [3.63, 3.8) is 0 Å². The van der Waals surface area contributed by atoms with Gasteiger partial charge in [0.05, 0.1) is 11.7 Å². The molecule has 3 nitrogen and oxygen atoms in total. The molecule has 0 amide bonds. The van der Waals surface area contributed by atoms with E-state index < -0.39 is 6.10 Å². The number of ether oxygens (including phenoxy) is 1. The normalized spacial score (nSPS) is 20.4. The topological polar surface area (TPSA) is 42.4 Å². The molecule has 1 aromatic heterocycles. The van der Waals surface area contributed by atoms with Gasteiger partial charge in [-0.2, -0.15) is 0 Å². The lowest BCUT2D eigenvalue weighted by Gasteiger charge is -2.37. The van der Waals surface area contributed by atoms with Gasteiger partial charge in [0.2, 0.25) is 0 Å². The maximum atomic E-state index is 10.8. The molecule has 0 aliphatic heterocycles. The van der Waals surface area contributed by atoms with Gasteiger partial charge in [-0.25, -0.2) is 0 Å². The fourth-order valence-electron chi connectivity index (χ4n) is 3.16. The first-order chi connectivity index (χ1) is 9.66. The summed E-state index contributed by atoms with van der Waals surface area (Å²) in [6.45, 7) is 2.67. The van der Waals surface area contributed by atoms with Crippen molar-refractivity contribution < 1.29 is 9.84 Å². The Labute approximate surface area is 129 Å². The first-order valence-electron chi connectivity index (χ1n) is 7.58. The van der Waals surface area contributed by atoms with Gasteiger partial charge in [-0.05, 0) is 47.3 Å². The predicted molar refractivity (Wildman–Crippen MR) is 83.7 cm³/mol. The molecule has 112 valence electrons. The Kier molecular flexibility index (Phi) is 6.00. The van der Waals surface area contributed by atoms with Crippen LogP contribution in [0.25, 0.3) is 0 Å². The molecular formula is C16H24BrNO2. The highest BCUT2D eigenvalue weighted by Gasteiger charge is 2.38. The van der Waals surface area contributed by atoms with Crippen molar-refractivity contribution in [1.82, 2.24) is 4.98 Å². The van der Waals surface area contributed by atoms with Gasteiger partial charge in [0.15, 0.2) is 0 Å². The zero-order chi connectivity index (χ0) is 14.4. The Morgan fingerprint density at radius 3 is 2.60 bits per heavy atom. The molecule has 0 aromatic carbocycles. The van der Waals surface area contributed by atoms with Crippen molar-refractivity contribution in [3.8, 4) is 0 Å². The van der Waals surface area contributed by atoms with E-state index in [0.29, 0.717) is 13.0 Å². The van der Waals surface area contributed by atoms with E-state index in [-0.39, 0.29) is 5.60 Å². The third-order valence-corrected chi connectivity index (χ3v) is 4.61. The smallest absolute Gasteiger partial charge is 0.0943 e. The van der Waals surface area contributed by atoms with Gasteiger partial charge >= 0.3 is 0 Å². The second kappa shape index (κ2) is 7.53. The Hall–Kier alpha value is -0.450. The third kappa shape index (κ3) is 4.03. The molecule has 2 rings (SSSR count). The average Bonchev–Trinajstić information content (AvgIpc) is 2.66. The highest BCUT2D eigenvalue weighted by Crippen LogP contribution is 2.35. The standard InChI is InChI=1S/C16H24BrNO2/c1-2-20-16(7-5-3-4-6-8-16)15(19)10-13-9-14(17)12-18-11-13/h9,11-12,15,19H,2-8,10H2,1H3. The van der Waals surface area contributed by atoms with Crippen molar-refractivity contribution in [2.24, 2.45) is 0 Å². The van der Waals surface area contributed by atoms with Gasteiger partial charge in [0, 0.05) is 29.9 Å². The molecule has 1 N–H and O–H groups in total. The largest absolute Gasteiger partial charge is 0.390 e. The van der Waals surface area contributed by atoms with Crippen LogP contribution < -0.4 is 0 Å². The first kappa shape index (κ1) is 15.9. The Morgan fingerprint density at radius 1 is 1.30 bits per heavy atom. The molecule has 4 heteroatoms. The van der Waals surface area contributed by atoms with Crippen LogP contribution in [0, 0.1) is 0 Å². The molecule has 1 atom stereocenters. The molecule has 1 aliphatic carbocycles. The highest BCUT2D eigenvalue weighted by molar-refractivity contribution is 9.10. The molecule has 1 saturated carbocycles. The number of pyridine rings is 1. The van der Waals surface area contributed by atoms with Crippen LogP contribution in [0.5, 0.6) is 0 Å². The zero-order valence-corrected chi connectivity index (χ0v) is 13.7. The monoisotopic (exact) mass is 341 g/mol. The molecule has 0 spiro atoms. The number of aliphatic hydroxyl groups excluding tert-OH is 1. The second-order valence-corrected chi connectivity index (χ2v) is 6.56. The van der Waals surface area contributed by atoms with Crippen molar-refractivity contribution in [2.45, 2.75) is 63.6 Å². The van der Waals surface area contributed by atoms with Crippen molar-refractivity contribution >= 4 is 15.9 Å². The maximum Gasteiger partial charge on any atom is 0.0943 e. The minimum Gasteiger partial charge on any atom is -0.390 e. The Balaban J connectivity index is 2.11. The summed E-state index contributed by atoms with van der Waals surface area (Å²) >= 11 is 3.43. The molecule has 0 saturated heterocycles. The van der Waals surface area contributed by atoms with Gasteiger partial charge in [-0.1, -0.05) is 25.7 Å². The van der Waals surface area contributed by atoms with Crippen LogP contribution >= 0.6 is 15.9 Å². The maximum absolute atomic E-state index is 10.8. The summed E-state index contributed by atoms with van der Waals surface area (Å²) in [6, 6.07) is 2.02. The van der Waals surface area contributed by atoms with Gasteiger partial charge in [-0.15, -0.1) is 0 Å². The zero-order valence-electron chi connectivity index (χ0n) is 12.1. The number of aromatic nitrogens is 1. The van der Waals surface area contributed by atoms with E-state index in [1.165, 1.54) is 12.8 Å². The minimum absolute atomic E-state index is 0.367. The minimum atomic E-state index is -0.461. The van der Waals surface area contributed by atoms with Crippen LogP contribution in [-0.2, 0) is 11.2 Å². The molecule has 0 radical (unpaired) electrons. The van der Waals surface area contributed by atoms with Crippen LogP contribution in [0.15, 0.2) is 22.9 Å². The number of hydrogen-bond acceptors (Lipinski definition) is 3. The van der Waals surface area contributed by atoms with Crippen LogP contribution in [0.4, 0.5) is 0 Å². The second-order valence-electron chi connectivity index (χ2n) is 5.64. The Morgan fingerprint density at radius 2 is 2.00 bits per heavy atom. The van der Waals surface area contributed by atoms with Crippen molar-refractivity contribution in [3.05, 3.63) is 28.5 Å². The number of rotatable bonds is 5. The quantitative estimate of drug-likeness (QED) is 0.826. The van der Waals surface area contributed by atoms with E-state index in [0.717, 1.165) is 35.7 Å². The van der Waals surface area contributed by atoms with Gasteiger partial charge in [0.25, 0.3) is 0 Å². The fraction of sp³-hybridized carbons (Fsp3) is 0.688. The number of hydrogen-bond donors (Lipinski definition) is 1. The van der Waals surface area contributed by atoms with Crippen LogP contribution in [0.3, 0.4) is 0 Å². The van der Waals surface area contributed by atoms with Crippen LogP contribution in [0.1, 0.15) is 51.0 Å². The van der Waals surface area contributed by atoms with Crippen molar-refractivity contribution in [1.29, 1.82) is 0 Å². The van der Waals surface area contributed by atoms with Gasteiger partial charge in [-0.3, -0.25) is 4.98 Å². The van der Waals surface area contributed by atoms with E-state index in [4.69, 9.17) is 4.74 Å². The van der Waals surface area contributed by atoms with E-state index >= 15 is 0 Å². The predicted octanol–water partition coefficient (Wildman–Crippen LogP) is 3.88. The van der Waals surface area contributed by atoms with Crippen molar-refractivity contribution in [2.75, 3.05) is 6.61 Å². The fourth-order valence-corrected chi connectivity index (χ4v) is 3.58. The molecule has 1 aromatic rings. The Bertz CT molecular complexity index is 417. The van der Waals surface area contributed by atoms with E-state index in [2.05, 4.69) is 20.9 Å². The molecule has 20 heavy (non-hydrogen) atoms. The summed E-state index contributed by atoms with van der Waals surface area (Å²) in [5.74, 6) is 0. The molecule has 0 bridgehead atoms. The van der Waals surface area contributed by atoms with Crippen LogP contribution in [-0.4, -0.2) is 28.4 Å². The molecule has 1 heterocycles. The summed E-state index contributed by atoms with van der Waals surface area (Å²) < 4.78 is 6.98. The number of nitrogens with zero attached hydrogens (tertiary/aromatic N) is 1. The van der Waals surface area contributed by atoms with E-state index in [9.17, 15) is 5.11 Å². The molecular weight excluding hydrogens is 318 g/mol. The molecule has 1 aliphatic rings. The third-order valence-electron chi connectivity index (χ3n) is 4.18. The lowest BCUT2D eigenvalue weighted by atomic mass is 9.85. The van der Waals surface area contributed by atoms with Gasteiger partial charge < -0.3 is 9.84 Å². The highest BCUT2D eigenvalue weighted by atomic mass is 79.9. The number of halogens is 1. The average molecular weight is 342 g/mol. The lowest BCUT2D eigenvalue weighted by Crippen LogP contribution is -2.46. The summed E-state index contributed by atoms with van der Waals surface area (Å²) in [7, 11) is 0. The summed E-state index contributed by atoms with van der Waals surface area (Å²) in [5, 5.41) is 10.8. The lowest BCUT2D eigenvalue weighted by molar-refractivity contribution is -0.128. The summed E-state index contributed by atoms with van der Waals surface area (Å²) in [4.78, 5) is 4.17. The van der Waals surface area contributed by atoms with Gasteiger partial charge in [0.1, 0.15) is 0 Å². The molecule has 1 unspecified atom stereocenters. The molecule has 1 fully saturated rings. The summed E-state index contributed by atoms with van der Waals surface area (Å²) in [5.41, 5.74) is 0.684. The van der Waals surface area contributed by atoms with E-state index in [1.54, 1.807) is 6.20 Å². The SMILES string of the molecule is CCOC1(C(O)Cc2cncc(Br)c2)CCCCCC1.